The van der Waals surface area contributed by atoms with Gasteiger partial charge < -0.3 is 15.0 Å². The molecule has 0 aliphatic heterocycles. The molecule has 0 saturated heterocycles. The molecule has 0 aliphatic rings. The van der Waals surface area contributed by atoms with Crippen LogP contribution in [0.1, 0.15) is 16.1 Å². The maximum atomic E-state index is 5.40. The van der Waals surface area contributed by atoms with Gasteiger partial charge in [-0.25, -0.2) is 4.98 Å². The van der Waals surface area contributed by atoms with E-state index in [1.54, 1.807) is 18.4 Å². The van der Waals surface area contributed by atoms with E-state index in [9.17, 15) is 0 Å². The SMILES string of the molecule is CNCc1sc(N(C)Cc2ccccc2OC)nc1C. The van der Waals surface area contributed by atoms with E-state index in [2.05, 4.69) is 35.2 Å². The molecule has 0 saturated carbocycles. The molecule has 1 N–H and O–H groups in total. The highest BCUT2D eigenvalue weighted by atomic mass is 32.1. The lowest BCUT2D eigenvalue weighted by Crippen LogP contribution is -2.16. The maximum Gasteiger partial charge on any atom is 0.185 e. The molecular weight excluding hydrogens is 270 g/mol. The Morgan fingerprint density at radius 3 is 2.80 bits per heavy atom. The van der Waals surface area contributed by atoms with Crippen LogP contribution in [0.4, 0.5) is 5.13 Å². The summed E-state index contributed by atoms with van der Waals surface area (Å²) in [6.07, 6.45) is 0. The molecule has 4 nitrogen and oxygen atoms in total. The van der Waals surface area contributed by atoms with Crippen LogP contribution in [-0.2, 0) is 13.1 Å². The molecular formula is C15H21N3OS. The van der Waals surface area contributed by atoms with Gasteiger partial charge >= 0.3 is 0 Å². The highest BCUT2D eigenvalue weighted by Gasteiger charge is 2.12. The monoisotopic (exact) mass is 291 g/mol. The van der Waals surface area contributed by atoms with E-state index in [-0.39, 0.29) is 0 Å². The van der Waals surface area contributed by atoms with E-state index in [1.165, 1.54) is 10.4 Å². The van der Waals surface area contributed by atoms with Gasteiger partial charge in [0.2, 0.25) is 0 Å². The molecule has 0 unspecified atom stereocenters. The molecule has 1 aromatic heterocycles. The highest BCUT2D eigenvalue weighted by Crippen LogP contribution is 2.27. The number of aryl methyl sites for hydroxylation is 1. The second kappa shape index (κ2) is 6.72. The van der Waals surface area contributed by atoms with Crippen molar-refractivity contribution in [1.82, 2.24) is 10.3 Å². The lowest BCUT2D eigenvalue weighted by Gasteiger charge is -2.17. The minimum absolute atomic E-state index is 0.788. The number of para-hydroxylation sites is 1. The topological polar surface area (TPSA) is 37.4 Å². The molecule has 0 aliphatic carbocycles. The summed E-state index contributed by atoms with van der Waals surface area (Å²) in [6.45, 7) is 3.71. The predicted molar refractivity (Wildman–Crippen MR) is 84.7 cm³/mol. The minimum Gasteiger partial charge on any atom is -0.496 e. The van der Waals surface area contributed by atoms with E-state index < -0.39 is 0 Å². The average molecular weight is 291 g/mol. The Labute approximate surface area is 124 Å². The number of hydrogen-bond donors (Lipinski definition) is 1. The molecule has 108 valence electrons. The first-order chi connectivity index (χ1) is 9.65. The highest BCUT2D eigenvalue weighted by molar-refractivity contribution is 7.15. The molecule has 0 spiro atoms. The van der Waals surface area contributed by atoms with Crippen molar-refractivity contribution in [3.8, 4) is 5.75 Å². The second-order valence-corrected chi connectivity index (χ2v) is 5.77. The van der Waals surface area contributed by atoms with Crippen LogP contribution in [0.15, 0.2) is 24.3 Å². The molecule has 20 heavy (non-hydrogen) atoms. The lowest BCUT2D eigenvalue weighted by atomic mass is 10.2. The normalized spacial score (nSPS) is 10.6. The van der Waals surface area contributed by atoms with Crippen LogP contribution < -0.4 is 15.0 Å². The zero-order valence-corrected chi connectivity index (χ0v) is 13.3. The molecule has 0 amide bonds. The van der Waals surface area contributed by atoms with Crippen molar-refractivity contribution < 1.29 is 4.74 Å². The van der Waals surface area contributed by atoms with Gasteiger partial charge in [-0.2, -0.15) is 0 Å². The zero-order valence-electron chi connectivity index (χ0n) is 12.4. The van der Waals surface area contributed by atoms with Gasteiger partial charge in [-0.1, -0.05) is 18.2 Å². The van der Waals surface area contributed by atoms with Crippen molar-refractivity contribution in [3.05, 3.63) is 40.4 Å². The summed E-state index contributed by atoms with van der Waals surface area (Å²) in [5, 5.41) is 4.22. The third-order valence-corrected chi connectivity index (χ3v) is 4.42. The van der Waals surface area contributed by atoms with E-state index >= 15 is 0 Å². The van der Waals surface area contributed by atoms with Crippen molar-refractivity contribution in [3.63, 3.8) is 0 Å². The van der Waals surface area contributed by atoms with E-state index in [0.717, 1.165) is 29.7 Å². The first kappa shape index (κ1) is 14.8. The number of nitrogens with one attached hydrogen (secondary N) is 1. The van der Waals surface area contributed by atoms with E-state index in [1.807, 2.05) is 25.2 Å². The number of aromatic nitrogens is 1. The lowest BCUT2D eigenvalue weighted by molar-refractivity contribution is 0.409. The maximum absolute atomic E-state index is 5.40. The standard InChI is InChI=1S/C15H21N3OS/c1-11-14(9-16-2)20-15(17-11)18(3)10-12-7-5-6-8-13(12)19-4/h5-8,16H,9-10H2,1-4H3. The zero-order chi connectivity index (χ0) is 14.5. The number of rotatable bonds is 6. The summed E-state index contributed by atoms with van der Waals surface area (Å²) >= 11 is 1.74. The Bertz CT molecular complexity index is 568. The van der Waals surface area contributed by atoms with Crippen LogP contribution in [0.2, 0.25) is 0 Å². The molecule has 0 bridgehead atoms. The third-order valence-electron chi connectivity index (χ3n) is 3.15. The summed E-state index contributed by atoms with van der Waals surface area (Å²) in [6, 6.07) is 8.10. The van der Waals surface area contributed by atoms with Crippen molar-refractivity contribution >= 4 is 16.5 Å². The number of benzene rings is 1. The smallest absolute Gasteiger partial charge is 0.185 e. The van der Waals surface area contributed by atoms with Gasteiger partial charge in [-0.15, -0.1) is 11.3 Å². The summed E-state index contributed by atoms with van der Waals surface area (Å²) in [5.41, 5.74) is 2.27. The fourth-order valence-corrected chi connectivity index (χ4v) is 3.09. The van der Waals surface area contributed by atoms with Crippen LogP contribution in [0.25, 0.3) is 0 Å². The van der Waals surface area contributed by atoms with Crippen LogP contribution in [-0.4, -0.2) is 26.2 Å². The summed E-state index contributed by atoms with van der Waals surface area (Å²) in [5.74, 6) is 0.920. The average Bonchev–Trinajstić information content (AvgIpc) is 2.81. The first-order valence-corrected chi connectivity index (χ1v) is 7.41. The van der Waals surface area contributed by atoms with Gasteiger partial charge in [0.15, 0.2) is 5.13 Å². The molecule has 1 heterocycles. The number of thiazole rings is 1. The van der Waals surface area contributed by atoms with Crippen LogP contribution in [0.5, 0.6) is 5.75 Å². The molecule has 0 radical (unpaired) electrons. The molecule has 0 fully saturated rings. The van der Waals surface area contributed by atoms with Gasteiger partial charge in [-0.3, -0.25) is 0 Å². The van der Waals surface area contributed by atoms with Crippen LogP contribution in [0.3, 0.4) is 0 Å². The predicted octanol–water partition coefficient (Wildman–Crippen LogP) is 2.82. The molecule has 1 aromatic carbocycles. The Morgan fingerprint density at radius 1 is 1.35 bits per heavy atom. The first-order valence-electron chi connectivity index (χ1n) is 6.59. The number of nitrogens with zero attached hydrogens (tertiary/aromatic N) is 2. The number of hydrogen-bond acceptors (Lipinski definition) is 5. The fraction of sp³-hybridized carbons (Fsp3) is 0.400. The van der Waals surface area contributed by atoms with Gasteiger partial charge in [0.05, 0.1) is 12.8 Å². The van der Waals surface area contributed by atoms with Crippen molar-refractivity contribution in [1.29, 1.82) is 0 Å². The van der Waals surface area contributed by atoms with Crippen molar-refractivity contribution in [2.75, 3.05) is 26.1 Å². The Balaban J connectivity index is 2.15. The largest absolute Gasteiger partial charge is 0.496 e. The summed E-state index contributed by atoms with van der Waals surface area (Å²) in [7, 11) is 5.72. The van der Waals surface area contributed by atoms with Crippen molar-refractivity contribution in [2.45, 2.75) is 20.0 Å². The minimum atomic E-state index is 0.788. The van der Waals surface area contributed by atoms with Gasteiger partial charge in [0.25, 0.3) is 0 Å². The van der Waals surface area contributed by atoms with E-state index in [4.69, 9.17) is 4.74 Å². The van der Waals surface area contributed by atoms with Gasteiger partial charge in [-0.05, 0) is 20.0 Å². The summed E-state index contributed by atoms with van der Waals surface area (Å²) in [4.78, 5) is 8.09. The Morgan fingerprint density at radius 2 is 2.10 bits per heavy atom. The number of ether oxygens (including phenoxy) is 1. The van der Waals surface area contributed by atoms with E-state index in [0.29, 0.717) is 0 Å². The Hall–Kier alpha value is -1.59. The van der Waals surface area contributed by atoms with Crippen LogP contribution in [0, 0.1) is 6.92 Å². The van der Waals surface area contributed by atoms with Crippen LogP contribution >= 0.6 is 11.3 Å². The number of methoxy groups -OCH3 is 1. The fourth-order valence-electron chi connectivity index (χ4n) is 2.06. The Kier molecular flexibility index (Phi) is 4.98. The molecule has 2 rings (SSSR count). The summed E-state index contributed by atoms with van der Waals surface area (Å²) < 4.78 is 5.40. The molecule has 0 atom stereocenters. The van der Waals surface area contributed by atoms with Gasteiger partial charge in [0, 0.05) is 30.6 Å². The van der Waals surface area contributed by atoms with Crippen molar-refractivity contribution in [2.24, 2.45) is 0 Å². The molecule has 5 heteroatoms. The number of anilines is 1. The third kappa shape index (κ3) is 3.29. The van der Waals surface area contributed by atoms with Gasteiger partial charge in [0.1, 0.15) is 5.75 Å². The quantitative estimate of drug-likeness (QED) is 0.888. The second-order valence-electron chi connectivity index (χ2n) is 4.70. The molecule has 2 aromatic rings.